The summed E-state index contributed by atoms with van der Waals surface area (Å²) in [5.74, 6) is -0.454. The van der Waals surface area contributed by atoms with E-state index in [4.69, 9.17) is 0 Å². The number of carbonyl (C=O) groups is 1. The average molecular weight is 349 g/mol. The highest BCUT2D eigenvalue weighted by Gasteiger charge is 2.11. The molecule has 3 rings (SSSR count). The van der Waals surface area contributed by atoms with E-state index in [9.17, 15) is 14.9 Å². The van der Waals surface area contributed by atoms with Gasteiger partial charge in [0.15, 0.2) is 0 Å². The second-order valence-corrected chi connectivity index (χ2v) is 5.48. The normalized spacial score (nSPS) is 11.2. The number of hydrazone groups is 1. The summed E-state index contributed by atoms with van der Waals surface area (Å²) in [5.41, 5.74) is 5.18. The van der Waals surface area contributed by atoms with Crippen LogP contribution in [0.5, 0.6) is 0 Å². The van der Waals surface area contributed by atoms with Crippen LogP contribution in [0.15, 0.2) is 65.8 Å². The third-order valence-corrected chi connectivity index (χ3v) is 3.69. The molecule has 0 radical (unpaired) electrons. The number of non-ortho nitro benzene ring substituents is 1. The first-order valence-electron chi connectivity index (χ1n) is 7.75. The molecule has 2 aromatic carbocycles. The molecule has 2 N–H and O–H groups in total. The van der Waals surface area contributed by atoms with Gasteiger partial charge in [-0.15, -0.1) is 0 Å². The van der Waals surface area contributed by atoms with Gasteiger partial charge < -0.3 is 0 Å². The zero-order chi connectivity index (χ0) is 18.5. The number of H-pyrrole nitrogens is 1. The van der Waals surface area contributed by atoms with Crippen molar-refractivity contribution in [2.75, 3.05) is 0 Å². The molecule has 0 aliphatic carbocycles. The summed E-state index contributed by atoms with van der Waals surface area (Å²) < 4.78 is 0. The van der Waals surface area contributed by atoms with Crippen molar-refractivity contribution in [1.82, 2.24) is 15.6 Å². The maximum absolute atomic E-state index is 12.2. The monoisotopic (exact) mass is 349 g/mol. The number of carbonyl (C=O) groups excluding carboxylic acids is 1. The van der Waals surface area contributed by atoms with Crippen molar-refractivity contribution in [2.45, 2.75) is 6.92 Å². The van der Waals surface area contributed by atoms with Crippen molar-refractivity contribution < 1.29 is 9.72 Å². The van der Waals surface area contributed by atoms with Crippen LogP contribution in [0.25, 0.3) is 11.3 Å². The number of aromatic nitrogens is 2. The van der Waals surface area contributed by atoms with Gasteiger partial charge in [-0.3, -0.25) is 20.0 Å². The van der Waals surface area contributed by atoms with Crippen LogP contribution in [0.4, 0.5) is 5.69 Å². The van der Waals surface area contributed by atoms with Gasteiger partial charge >= 0.3 is 0 Å². The highest BCUT2D eigenvalue weighted by atomic mass is 16.6. The fourth-order valence-corrected chi connectivity index (χ4v) is 2.30. The SMILES string of the molecule is C/C(=N\NC(=O)c1cc(-c2ccccc2)n[nH]1)c1cccc([N+](=O)[O-])c1. The molecule has 130 valence electrons. The molecule has 0 bridgehead atoms. The first kappa shape index (κ1) is 17.0. The first-order valence-corrected chi connectivity index (χ1v) is 7.75. The van der Waals surface area contributed by atoms with E-state index < -0.39 is 10.8 Å². The van der Waals surface area contributed by atoms with Crippen molar-refractivity contribution in [2.24, 2.45) is 5.10 Å². The molecule has 0 spiro atoms. The topological polar surface area (TPSA) is 113 Å². The first-order chi connectivity index (χ1) is 12.5. The van der Waals surface area contributed by atoms with Gasteiger partial charge in [-0.25, -0.2) is 5.43 Å². The van der Waals surface area contributed by atoms with Gasteiger partial charge in [-0.1, -0.05) is 42.5 Å². The van der Waals surface area contributed by atoms with Crippen LogP contribution in [0.1, 0.15) is 23.0 Å². The van der Waals surface area contributed by atoms with Gasteiger partial charge in [0.25, 0.3) is 11.6 Å². The molecule has 1 heterocycles. The van der Waals surface area contributed by atoms with E-state index in [0.29, 0.717) is 17.0 Å². The van der Waals surface area contributed by atoms with Crippen LogP contribution >= 0.6 is 0 Å². The molecule has 0 unspecified atom stereocenters. The van der Waals surface area contributed by atoms with Gasteiger partial charge in [0.1, 0.15) is 5.69 Å². The molecule has 0 aliphatic heterocycles. The summed E-state index contributed by atoms with van der Waals surface area (Å²) in [7, 11) is 0. The van der Waals surface area contributed by atoms with E-state index in [1.807, 2.05) is 30.3 Å². The van der Waals surface area contributed by atoms with E-state index in [1.54, 1.807) is 25.1 Å². The lowest BCUT2D eigenvalue weighted by Gasteiger charge is -2.02. The molecule has 0 saturated heterocycles. The Morgan fingerprint density at radius 3 is 2.65 bits per heavy atom. The number of nitro benzene ring substituents is 1. The smallest absolute Gasteiger partial charge is 0.272 e. The van der Waals surface area contributed by atoms with E-state index in [1.165, 1.54) is 12.1 Å². The van der Waals surface area contributed by atoms with E-state index in [2.05, 4.69) is 20.7 Å². The molecule has 0 fully saturated rings. The van der Waals surface area contributed by atoms with E-state index >= 15 is 0 Å². The third-order valence-electron chi connectivity index (χ3n) is 3.69. The number of nitrogens with zero attached hydrogens (tertiary/aromatic N) is 3. The van der Waals surface area contributed by atoms with Crippen LogP contribution in [-0.2, 0) is 0 Å². The number of hydrogen-bond acceptors (Lipinski definition) is 5. The minimum atomic E-state index is -0.481. The predicted molar refractivity (Wildman–Crippen MR) is 96.8 cm³/mol. The zero-order valence-corrected chi connectivity index (χ0v) is 13.8. The molecule has 3 aromatic rings. The summed E-state index contributed by atoms with van der Waals surface area (Å²) in [6, 6.07) is 17.1. The molecule has 8 nitrogen and oxygen atoms in total. The summed E-state index contributed by atoms with van der Waals surface area (Å²) in [6.45, 7) is 1.65. The third kappa shape index (κ3) is 3.81. The molecular weight excluding hydrogens is 334 g/mol. The number of aromatic amines is 1. The van der Waals surface area contributed by atoms with Gasteiger partial charge in [-0.2, -0.15) is 10.2 Å². The zero-order valence-electron chi connectivity index (χ0n) is 13.8. The fraction of sp³-hybridized carbons (Fsp3) is 0.0556. The summed E-state index contributed by atoms with van der Waals surface area (Å²) >= 11 is 0. The molecule has 26 heavy (non-hydrogen) atoms. The lowest BCUT2D eigenvalue weighted by molar-refractivity contribution is -0.384. The Bertz CT molecular complexity index is 979. The van der Waals surface area contributed by atoms with Crippen molar-refractivity contribution in [3.63, 3.8) is 0 Å². The van der Waals surface area contributed by atoms with Crippen molar-refractivity contribution in [1.29, 1.82) is 0 Å². The van der Waals surface area contributed by atoms with Gasteiger partial charge in [0.05, 0.1) is 16.3 Å². The average Bonchev–Trinajstić information content (AvgIpc) is 3.17. The number of amides is 1. The van der Waals surface area contributed by atoms with E-state index in [0.717, 1.165) is 5.56 Å². The lowest BCUT2D eigenvalue weighted by atomic mass is 10.1. The molecule has 1 amide bonds. The maximum Gasteiger partial charge on any atom is 0.289 e. The van der Waals surface area contributed by atoms with Gasteiger partial charge in [0.2, 0.25) is 0 Å². The van der Waals surface area contributed by atoms with Gasteiger partial charge in [0, 0.05) is 23.3 Å². The minimum absolute atomic E-state index is 0.0375. The number of rotatable bonds is 5. The fourth-order valence-electron chi connectivity index (χ4n) is 2.30. The van der Waals surface area contributed by atoms with Crippen molar-refractivity contribution in [3.8, 4) is 11.3 Å². The second-order valence-electron chi connectivity index (χ2n) is 5.48. The Kier molecular flexibility index (Phi) is 4.84. The van der Waals surface area contributed by atoms with Crippen molar-refractivity contribution in [3.05, 3.63) is 82.0 Å². The molecule has 1 aromatic heterocycles. The highest BCUT2D eigenvalue weighted by Crippen LogP contribution is 2.17. The molecule has 0 aliphatic rings. The largest absolute Gasteiger partial charge is 0.289 e. The van der Waals surface area contributed by atoms with E-state index in [-0.39, 0.29) is 11.4 Å². The summed E-state index contributed by atoms with van der Waals surface area (Å²) in [6.07, 6.45) is 0. The van der Waals surface area contributed by atoms with Crippen LogP contribution in [0.3, 0.4) is 0 Å². The standard InChI is InChI=1S/C18H15N5O3/c1-12(14-8-5-9-15(10-14)23(25)26)19-22-18(24)17-11-16(20-21-17)13-6-3-2-4-7-13/h2-11H,1H3,(H,20,21)(H,22,24)/b19-12+. The Balaban J connectivity index is 1.72. The van der Waals surface area contributed by atoms with Crippen LogP contribution < -0.4 is 5.43 Å². The molecular formula is C18H15N5O3. The van der Waals surface area contributed by atoms with Gasteiger partial charge in [-0.05, 0) is 13.0 Å². The lowest BCUT2D eigenvalue weighted by Crippen LogP contribution is -2.19. The van der Waals surface area contributed by atoms with Crippen LogP contribution in [-0.4, -0.2) is 26.7 Å². The molecule has 0 atom stereocenters. The van der Waals surface area contributed by atoms with Crippen LogP contribution in [0.2, 0.25) is 0 Å². The molecule has 0 saturated carbocycles. The van der Waals surface area contributed by atoms with Crippen LogP contribution in [0, 0.1) is 10.1 Å². The highest BCUT2D eigenvalue weighted by molar-refractivity contribution is 6.01. The Morgan fingerprint density at radius 1 is 1.15 bits per heavy atom. The Labute approximate surface area is 148 Å². The summed E-state index contributed by atoms with van der Waals surface area (Å²) in [4.78, 5) is 22.6. The second kappa shape index (κ2) is 7.39. The predicted octanol–water partition coefficient (Wildman–Crippen LogP) is 3.14. The number of nitro groups is 1. The number of benzene rings is 2. The number of nitrogens with one attached hydrogen (secondary N) is 2. The minimum Gasteiger partial charge on any atom is -0.272 e. The maximum atomic E-state index is 12.2. The quantitative estimate of drug-likeness (QED) is 0.418. The number of hydrogen-bond donors (Lipinski definition) is 2. The van der Waals surface area contributed by atoms with Crippen molar-refractivity contribution >= 4 is 17.3 Å². The molecule has 8 heteroatoms. The summed E-state index contributed by atoms with van der Waals surface area (Å²) in [5, 5.41) is 21.6. The Hall–Kier alpha value is -3.81. The Morgan fingerprint density at radius 2 is 1.92 bits per heavy atom.